The van der Waals surface area contributed by atoms with E-state index in [0.29, 0.717) is 0 Å². The molecule has 0 radical (unpaired) electrons. The molecule has 3 nitrogen and oxygen atoms in total. The summed E-state index contributed by atoms with van der Waals surface area (Å²) in [7, 11) is 0. The SMILES string of the molecule is CCn1c2ccc(N(C3=CCC(C)(c4ccccc4)C=C3)c3ccc(-c4ccccc4)cc3)cc2c2cc(N(c3ccc(-c4ccccc4)cc3)c3ccc(-c4ccccc4)cc3)ccc21. The van der Waals surface area contributed by atoms with Gasteiger partial charge in [-0.2, -0.15) is 0 Å². The van der Waals surface area contributed by atoms with Crippen LogP contribution in [0.25, 0.3) is 55.2 Å². The van der Waals surface area contributed by atoms with Crippen molar-refractivity contribution >= 4 is 50.2 Å². The Bertz CT molecular complexity index is 3250. The second-order valence-corrected chi connectivity index (χ2v) is 17.5. The molecule has 3 heteroatoms. The van der Waals surface area contributed by atoms with Gasteiger partial charge in [-0.3, -0.25) is 0 Å². The fraction of sp³-hybridized carbons (Fsp3) is 0.0794. The minimum atomic E-state index is -0.0852. The van der Waals surface area contributed by atoms with Crippen molar-refractivity contribution < 1.29 is 0 Å². The molecule has 1 aliphatic carbocycles. The molecule has 0 bridgehead atoms. The van der Waals surface area contributed by atoms with Gasteiger partial charge >= 0.3 is 0 Å². The zero-order valence-electron chi connectivity index (χ0n) is 37.4. The summed E-state index contributed by atoms with van der Waals surface area (Å²) in [4.78, 5) is 4.83. The zero-order valence-corrected chi connectivity index (χ0v) is 37.4. The van der Waals surface area contributed by atoms with Crippen LogP contribution in [0.15, 0.2) is 254 Å². The number of hydrogen-bond donors (Lipinski definition) is 0. The second kappa shape index (κ2) is 17.4. The number of rotatable bonds is 11. The third-order valence-electron chi connectivity index (χ3n) is 13.4. The molecule has 66 heavy (non-hydrogen) atoms. The van der Waals surface area contributed by atoms with Crippen LogP contribution in [0.2, 0.25) is 0 Å². The highest BCUT2D eigenvalue weighted by Crippen LogP contribution is 2.43. The highest BCUT2D eigenvalue weighted by Gasteiger charge is 2.27. The van der Waals surface area contributed by atoms with E-state index in [4.69, 9.17) is 0 Å². The normalized spacial score (nSPS) is 14.6. The summed E-state index contributed by atoms with van der Waals surface area (Å²) < 4.78 is 2.45. The molecule has 1 aliphatic rings. The van der Waals surface area contributed by atoms with Crippen molar-refractivity contribution in [2.45, 2.75) is 32.2 Å². The number of anilines is 5. The zero-order chi connectivity index (χ0) is 44.5. The first-order chi connectivity index (χ1) is 32.5. The molecule has 1 heterocycles. The van der Waals surface area contributed by atoms with Crippen molar-refractivity contribution in [3.05, 3.63) is 260 Å². The van der Waals surface area contributed by atoms with Crippen LogP contribution in [0.3, 0.4) is 0 Å². The van der Waals surface area contributed by atoms with Gasteiger partial charge in [-0.05, 0) is 131 Å². The molecule has 318 valence electrons. The fourth-order valence-corrected chi connectivity index (χ4v) is 9.81. The minimum Gasteiger partial charge on any atom is -0.341 e. The van der Waals surface area contributed by atoms with E-state index in [1.54, 1.807) is 0 Å². The van der Waals surface area contributed by atoms with E-state index in [1.165, 1.54) is 66.4 Å². The van der Waals surface area contributed by atoms with E-state index >= 15 is 0 Å². The molecular formula is C63H51N3. The Labute approximate surface area is 388 Å². The van der Waals surface area contributed by atoms with E-state index in [9.17, 15) is 0 Å². The van der Waals surface area contributed by atoms with Crippen LogP contribution in [0.4, 0.5) is 28.4 Å². The topological polar surface area (TPSA) is 11.4 Å². The van der Waals surface area contributed by atoms with Crippen molar-refractivity contribution in [1.82, 2.24) is 4.57 Å². The molecular weight excluding hydrogens is 799 g/mol. The Morgan fingerprint density at radius 2 is 0.773 bits per heavy atom. The maximum Gasteiger partial charge on any atom is 0.0492 e. The van der Waals surface area contributed by atoms with E-state index in [1.807, 2.05) is 0 Å². The van der Waals surface area contributed by atoms with Gasteiger partial charge in [0, 0.05) is 67.9 Å². The molecule has 0 spiro atoms. The van der Waals surface area contributed by atoms with Crippen molar-refractivity contribution in [3.8, 4) is 33.4 Å². The number of allylic oxidation sites excluding steroid dienone is 3. The van der Waals surface area contributed by atoms with Crippen LogP contribution >= 0.6 is 0 Å². The lowest BCUT2D eigenvalue weighted by atomic mass is 9.77. The Morgan fingerprint density at radius 1 is 0.409 bits per heavy atom. The van der Waals surface area contributed by atoms with Crippen molar-refractivity contribution in [3.63, 3.8) is 0 Å². The van der Waals surface area contributed by atoms with Gasteiger partial charge < -0.3 is 14.4 Å². The molecule has 9 aromatic carbocycles. The third-order valence-corrected chi connectivity index (χ3v) is 13.4. The van der Waals surface area contributed by atoms with E-state index < -0.39 is 0 Å². The third kappa shape index (κ3) is 7.69. The molecule has 1 atom stereocenters. The summed E-state index contributed by atoms with van der Waals surface area (Å²) in [5, 5.41) is 2.45. The summed E-state index contributed by atoms with van der Waals surface area (Å²) in [5.41, 5.74) is 17.6. The summed E-state index contributed by atoms with van der Waals surface area (Å²) in [6, 6.07) is 83.7. The smallest absolute Gasteiger partial charge is 0.0492 e. The van der Waals surface area contributed by atoms with Crippen LogP contribution in [0, 0.1) is 0 Å². The second-order valence-electron chi connectivity index (χ2n) is 17.5. The number of hydrogen-bond acceptors (Lipinski definition) is 2. The van der Waals surface area contributed by atoms with Crippen molar-refractivity contribution in [2.75, 3.05) is 9.80 Å². The van der Waals surface area contributed by atoms with Gasteiger partial charge in [-0.1, -0.05) is 177 Å². The van der Waals surface area contributed by atoms with Gasteiger partial charge in [0.05, 0.1) is 0 Å². The van der Waals surface area contributed by atoms with Crippen LogP contribution < -0.4 is 9.80 Å². The first-order valence-corrected chi connectivity index (χ1v) is 23.1. The number of fused-ring (bicyclic) bond motifs is 3. The predicted molar refractivity (Wildman–Crippen MR) is 280 cm³/mol. The average molecular weight is 850 g/mol. The lowest BCUT2D eigenvalue weighted by Gasteiger charge is -2.33. The number of benzene rings is 9. The van der Waals surface area contributed by atoms with Gasteiger partial charge in [0.1, 0.15) is 0 Å². The van der Waals surface area contributed by atoms with Gasteiger partial charge in [-0.15, -0.1) is 0 Å². The molecule has 0 fully saturated rings. The van der Waals surface area contributed by atoms with Crippen LogP contribution in [0.1, 0.15) is 25.8 Å². The molecule has 0 aliphatic heterocycles. The Kier molecular flexibility index (Phi) is 10.7. The molecule has 11 rings (SSSR count). The fourth-order valence-electron chi connectivity index (χ4n) is 9.81. The summed E-state index contributed by atoms with van der Waals surface area (Å²) in [6.45, 7) is 5.45. The first-order valence-electron chi connectivity index (χ1n) is 23.1. The maximum absolute atomic E-state index is 2.45. The first kappa shape index (κ1) is 40.6. The quantitative estimate of drug-likeness (QED) is 0.128. The highest BCUT2D eigenvalue weighted by atomic mass is 15.2. The Morgan fingerprint density at radius 3 is 1.17 bits per heavy atom. The van der Waals surface area contributed by atoms with Crippen LogP contribution in [-0.4, -0.2) is 4.57 Å². The highest BCUT2D eigenvalue weighted by molar-refractivity contribution is 6.11. The molecule has 1 unspecified atom stereocenters. The number of aryl methyl sites for hydroxylation is 1. The van der Waals surface area contributed by atoms with Gasteiger partial charge in [-0.25, -0.2) is 0 Å². The average Bonchev–Trinajstić information content (AvgIpc) is 3.71. The molecule has 0 saturated carbocycles. The molecule has 1 aromatic heterocycles. The molecule has 0 amide bonds. The maximum atomic E-state index is 2.45. The van der Waals surface area contributed by atoms with E-state index in [2.05, 4.69) is 277 Å². The van der Waals surface area contributed by atoms with Crippen LogP contribution in [0.5, 0.6) is 0 Å². The van der Waals surface area contributed by atoms with Gasteiger partial charge in [0.15, 0.2) is 0 Å². The number of aromatic nitrogens is 1. The summed E-state index contributed by atoms with van der Waals surface area (Å²) in [5.74, 6) is 0. The largest absolute Gasteiger partial charge is 0.341 e. The molecule has 10 aromatic rings. The van der Waals surface area contributed by atoms with Gasteiger partial charge in [0.2, 0.25) is 0 Å². The molecule has 0 N–H and O–H groups in total. The monoisotopic (exact) mass is 849 g/mol. The van der Waals surface area contributed by atoms with Crippen molar-refractivity contribution in [1.29, 1.82) is 0 Å². The van der Waals surface area contributed by atoms with Crippen LogP contribution in [-0.2, 0) is 12.0 Å². The predicted octanol–water partition coefficient (Wildman–Crippen LogP) is 17.2. The Hall–Kier alpha value is -8.14. The lowest BCUT2D eigenvalue weighted by molar-refractivity contribution is 0.595. The molecule has 0 saturated heterocycles. The Balaban J connectivity index is 1.04. The standard InChI is InChI=1S/C63H51N3/c1-3-64-61-38-36-57(65(53-30-24-49(25-31-53)46-16-8-4-9-17-46)54-32-26-50(27-33-54)47-18-10-5-11-19-47)44-59(61)60-45-58(37-39-62(60)64)66(55-34-28-51(29-35-55)48-20-12-6-13-21-48)56-40-42-63(2,43-41-56)52-22-14-7-15-23-52/h4-42,44-45H,3,43H2,1-2H3. The van der Waals surface area contributed by atoms with E-state index in [0.717, 1.165) is 41.4 Å². The van der Waals surface area contributed by atoms with Gasteiger partial charge in [0.25, 0.3) is 0 Å². The minimum absolute atomic E-state index is 0.0852. The van der Waals surface area contributed by atoms with Crippen molar-refractivity contribution in [2.24, 2.45) is 0 Å². The summed E-state index contributed by atoms with van der Waals surface area (Å²) >= 11 is 0. The number of nitrogens with zero attached hydrogens (tertiary/aromatic N) is 3. The van der Waals surface area contributed by atoms with E-state index in [-0.39, 0.29) is 5.41 Å². The lowest BCUT2D eigenvalue weighted by Crippen LogP contribution is -2.24. The summed E-state index contributed by atoms with van der Waals surface area (Å²) in [6.07, 6.45) is 8.03.